The molecule has 0 unspecified atom stereocenters. The van der Waals surface area contributed by atoms with Gasteiger partial charge in [-0.1, -0.05) is 12.2 Å². The molecule has 1 aromatic rings. The number of carbonyl (C=O) groups excluding carboxylic acids is 1. The van der Waals surface area contributed by atoms with Crippen molar-refractivity contribution in [3.63, 3.8) is 0 Å². The zero-order valence-corrected chi connectivity index (χ0v) is 14.0. The molecule has 4 rings (SSSR count). The van der Waals surface area contributed by atoms with Gasteiger partial charge in [-0.05, 0) is 43.7 Å². The standard InChI is InChI=1S/C19H26N2O3/c22-19(20-11-15-7-4-9-23-15)16-13-21(17-8-10-24-18(16)17)12-14-5-2-1-3-6-14/h1-2,4,7,9,14,16-18H,3,5-6,8,10-13H2,(H,20,22)/t14-,16+,17-,18-/m1/s1. The van der Waals surface area contributed by atoms with Gasteiger partial charge < -0.3 is 14.5 Å². The van der Waals surface area contributed by atoms with Gasteiger partial charge in [0.25, 0.3) is 0 Å². The Labute approximate surface area is 143 Å². The Bertz CT molecular complexity index is 583. The van der Waals surface area contributed by atoms with E-state index in [1.54, 1.807) is 6.26 Å². The Morgan fingerprint density at radius 1 is 1.33 bits per heavy atom. The predicted molar refractivity (Wildman–Crippen MR) is 90.2 cm³/mol. The first-order valence-corrected chi connectivity index (χ1v) is 9.12. The number of likely N-dealkylation sites (tertiary alicyclic amines) is 1. The normalized spacial score (nSPS) is 32.8. The van der Waals surface area contributed by atoms with Gasteiger partial charge in [0.2, 0.25) is 5.91 Å². The highest BCUT2D eigenvalue weighted by molar-refractivity contribution is 5.80. The van der Waals surface area contributed by atoms with Gasteiger partial charge in [-0.2, -0.15) is 0 Å². The topological polar surface area (TPSA) is 54.7 Å². The van der Waals surface area contributed by atoms with E-state index in [2.05, 4.69) is 22.4 Å². The van der Waals surface area contributed by atoms with Crippen LogP contribution in [0.15, 0.2) is 35.0 Å². The largest absolute Gasteiger partial charge is 0.467 e. The number of furan rings is 1. The summed E-state index contributed by atoms with van der Waals surface area (Å²) in [5, 5.41) is 3.01. The molecule has 0 spiro atoms. The van der Waals surface area contributed by atoms with Crippen molar-refractivity contribution in [2.45, 2.75) is 44.4 Å². The fourth-order valence-electron chi connectivity index (χ4n) is 4.38. The highest BCUT2D eigenvalue weighted by Gasteiger charge is 2.48. The molecule has 1 N–H and O–H groups in total. The van der Waals surface area contributed by atoms with Crippen molar-refractivity contribution in [2.24, 2.45) is 11.8 Å². The number of ether oxygens (including phenoxy) is 1. The third-order valence-corrected chi connectivity index (χ3v) is 5.62. The second-order valence-electron chi connectivity index (χ2n) is 7.20. The summed E-state index contributed by atoms with van der Waals surface area (Å²) in [7, 11) is 0. The minimum absolute atomic E-state index is 0.0562. The maximum atomic E-state index is 12.7. The first-order chi connectivity index (χ1) is 11.8. The van der Waals surface area contributed by atoms with E-state index in [0.29, 0.717) is 12.6 Å². The molecule has 0 aromatic carbocycles. The van der Waals surface area contributed by atoms with Gasteiger partial charge in [-0.3, -0.25) is 9.69 Å². The van der Waals surface area contributed by atoms with E-state index in [-0.39, 0.29) is 17.9 Å². The van der Waals surface area contributed by atoms with Crippen LogP contribution in [-0.2, 0) is 16.1 Å². The molecule has 2 aliphatic heterocycles. The summed E-state index contributed by atoms with van der Waals surface area (Å²) in [5.74, 6) is 1.54. The lowest BCUT2D eigenvalue weighted by Crippen LogP contribution is -2.37. The van der Waals surface area contributed by atoms with E-state index in [4.69, 9.17) is 9.15 Å². The molecule has 0 saturated carbocycles. The van der Waals surface area contributed by atoms with Crippen LogP contribution in [0.1, 0.15) is 31.4 Å². The SMILES string of the molecule is O=C(NCc1ccco1)[C@H]1CN(C[C@@H]2CC=CCC2)[C@@H]2CCO[C@H]12. The fourth-order valence-corrected chi connectivity index (χ4v) is 4.38. The molecule has 2 saturated heterocycles. The van der Waals surface area contributed by atoms with E-state index >= 15 is 0 Å². The molecule has 24 heavy (non-hydrogen) atoms. The van der Waals surface area contributed by atoms with Crippen molar-refractivity contribution in [1.29, 1.82) is 0 Å². The first kappa shape index (κ1) is 15.9. The second kappa shape index (κ2) is 7.11. The van der Waals surface area contributed by atoms with Gasteiger partial charge in [-0.25, -0.2) is 0 Å². The summed E-state index contributed by atoms with van der Waals surface area (Å²) >= 11 is 0. The molecule has 1 aromatic heterocycles. The van der Waals surface area contributed by atoms with Gasteiger partial charge >= 0.3 is 0 Å². The van der Waals surface area contributed by atoms with Gasteiger partial charge in [-0.15, -0.1) is 0 Å². The van der Waals surface area contributed by atoms with Gasteiger partial charge in [0.15, 0.2) is 0 Å². The third kappa shape index (κ3) is 3.28. The molecule has 3 aliphatic rings. The van der Waals surface area contributed by atoms with Crippen LogP contribution in [0.3, 0.4) is 0 Å². The van der Waals surface area contributed by atoms with Crippen molar-refractivity contribution >= 4 is 5.91 Å². The van der Waals surface area contributed by atoms with Gasteiger partial charge in [0, 0.05) is 25.7 Å². The van der Waals surface area contributed by atoms with Crippen molar-refractivity contribution in [3.05, 3.63) is 36.3 Å². The third-order valence-electron chi connectivity index (χ3n) is 5.62. The van der Waals surface area contributed by atoms with Crippen LogP contribution in [-0.4, -0.2) is 42.6 Å². The first-order valence-electron chi connectivity index (χ1n) is 9.12. The number of carbonyl (C=O) groups is 1. The Hall–Kier alpha value is -1.59. The van der Waals surface area contributed by atoms with Crippen LogP contribution in [0.5, 0.6) is 0 Å². The van der Waals surface area contributed by atoms with Crippen LogP contribution < -0.4 is 5.32 Å². The molecule has 1 amide bonds. The number of nitrogens with zero attached hydrogens (tertiary/aromatic N) is 1. The number of fused-ring (bicyclic) bond motifs is 1. The lowest BCUT2D eigenvalue weighted by molar-refractivity contribution is -0.127. The van der Waals surface area contributed by atoms with Crippen LogP contribution in [0, 0.1) is 11.8 Å². The number of allylic oxidation sites excluding steroid dienone is 2. The lowest BCUT2D eigenvalue weighted by atomic mass is 9.93. The van der Waals surface area contributed by atoms with E-state index in [1.165, 1.54) is 19.3 Å². The lowest BCUT2D eigenvalue weighted by Gasteiger charge is -2.28. The molecule has 0 bridgehead atoms. The Kier molecular flexibility index (Phi) is 4.72. The fraction of sp³-hybridized carbons (Fsp3) is 0.632. The number of rotatable bonds is 5. The molecule has 1 aliphatic carbocycles. The monoisotopic (exact) mass is 330 g/mol. The molecule has 3 heterocycles. The summed E-state index contributed by atoms with van der Waals surface area (Å²) in [6, 6.07) is 4.13. The Morgan fingerprint density at radius 2 is 2.29 bits per heavy atom. The Balaban J connectivity index is 1.36. The van der Waals surface area contributed by atoms with Crippen molar-refractivity contribution in [2.75, 3.05) is 19.7 Å². The molecule has 0 radical (unpaired) electrons. The summed E-state index contributed by atoms with van der Waals surface area (Å²) < 4.78 is 11.2. The van der Waals surface area contributed by atoms with E-state index in [1.807, 2.05) is 12.1 Å². The van der Waals surface area contributed by atoms with Crippen LogP contribution in [0.2, 0.25) is 0 Å². The number of amides is 1. The zero-order chi connectivity index (χ0) is 16.4. The van der Waals surface area contributed by atoms with Crippen LogP contribution >= 0.6 is 0 Å². The Morgan fingerprint density at radius 3 is 3.08 bits per heavy atom. The smallest absolute Gasteiger partial charge is 0.227 e. The second-order valence-corrected chi connectivity index (χ2v) is 7.20. The van der Waals surface area contributed by atoms with Crippen molar-refractivity contribution < 1.29 is 13.9 Å². The highest BCUT2D eigenvalue weighted by atomic mass is 16.5. The number of nitrogens with one attached hydrogen (secondary N) is 1. The molecule has 5 heteroatoms. The molecule has 5 nitrogen and oxygen atoms in total. The van der Waals surface area contributed by atoms with Crippen molar-refractivity contribution in [3.8, 4) is 0 Å². The minimum atomic E-state index is -0.0633. The van der Waals surface area contributed by atoms with E-state index in [0.717, 1.165) is 37.8 Å². The average Bonchev–Trinajstić information content (AvgIpc) is 3.33. The maximum absolute atomic E-state index is 12.7. The maximum Gasteiger partial charge on any atom is 0.227 e. The molecule has 130 valence electrons. The minimum Gasteiger partial charge on any atom is -0.467 e. The number of hydrogen-bond donors (Lipinski definition) is 1. The average molecular weight is 330 g/mol. The summed E-state index contributed by atoms with van der Waals surface area (Å²) in [6.45, 7) is 3.14. The molecule has 2 fully saturated rings. The van der Waals surface area contributed by atoms with E-state index in [9.17, 15) is 4.79 Å². The predicted octanol–water partition coefficient (Wildman–Crippen LogP) is 2.34. The zero-order valence-electron chi connectivity index (χ0n) is 14.0. The molecular weight excluding hydrogens is 304 g/mol. The summed E-state index contributed by atoms with van der Waals surface area (Å²) in [5.41, 5.74) is 0. The molecular formula is C19H26N2O3. The van der Waals surface area contributed by atoms with Crippen molar-refractivity contribution in [1.82, 2.24) is 10.2 Å². The number of hydrogen-bond acceptors (Lipinski definition) is 4. The molecule has 4 atom stereocenters. The van der Waals surface area contributed by atoms with Crippen LogP contribution in [0.25, 0.3) is 0 Å². The van der Waals surface area contributed by atoms with Crippen LogP contribution in [0.4, 0.5) is 0 Å². The highest BCUT2D eigenvalue weighted by Crippen LogP contribution is 2.35. The van der Waals surface area contributed by atoms with Gasteiger partial charge in [0.1, 0.15) is 5.76 Å². The summed E-state index contributed by atoms with van der Waals surface area (Å²) in [6.07, 6.45) is 11.0. The quantitative estimate of drug-likeness (QED) is 0.842. The summed E-state index contributed by atoms with van der Waals surface area (Å²) in [4.78, 5) is 15.2. The van der Waals surface area contributed by atoms with Gasteiger partial charge in [0.05, 0.1) is 24.8 Å². The van der Waals surface area contributed by atoms with E-state index < -0.39 is 0 Å².